The number of nitriles is 1. The Morgan fingerprint density at radius 3 is 2.61 bits per heavy atom. The van der Waals surface area contributed by atoms with Crippen molar-refractivity contribution >= 4 is 23.7 Å². The van der Waals surface area contributed by atoms with E-state index in [1.807, 2.05) is 6.07 Å². The highest BCUT2D eigenvalue weighted by molar-refractivity contribution is 5.96. The number of carbonyl (C=O) groups excluding carboxylic acids is 2. The number of benzene rings is 3. The largest absolute Gasteiger partial charge is 0.493 e. The number of hydrazone groups is 1. The zero-order valence-electron chi connectivity index (χ0n) is 17.5. The molecule has 0 atom stereocenters. The molecule has 33 heavy (non-hydrogen) atoms. The van der Waals surface area contributed by atoms with Gasteiger partial charge in [0.05, 0.1) is 30.5 Å². The van der Waals surface area contributed by atoms with Crippen molar-refractivity contribution in [3.05, 3.63) is 89.2 Å². The van der Waals surface area contributed by atoms with Gasteiger partial charge < -0.3 is 14.8 Å². The van der Waals surface area contributed by atoms with Crippen LogP contribution in [0, 0.1) is 17.1 Å². The molecule has 3 aromatic carbocycles. The van der Waals surface area contributed by atoms with E-state index in [1.165, 1.54) is 25.5 Å². The smallest absolute Gasteiger partial charge is 0.274 e. The second-order valence-corrected chi connectivity index (χ2v) is 6.59. The lowest BCUT2D eigenvalue weighted by Gasteiger charge is -2.13. The summed E-state index contributed by atoms with van der Waals surface area (Å²) in [6.07, 6.45) is 1.28. The van der Waals surface area contributed by atoms with Crippen LogP contribution in [0.1, 0.15) is 21.5 Å². The summed E-state index contributed by atoms with van der Waals surface area (Å²) in [5.41, 5.74) is 3.11. The van der Waals surface area contributed by atoms with E-state index in [0.717, 1.165) is 6.07 Å². The quantitative estimate of drug-likeness (QED) is 0.406. The number of para-hydroxylation sites is 2. The molecule has 8 nitrogen and oxygen atoms in total. The van der Waals surface area contributed by atoms with Crippen LogP contribution in [0.4, 0.5) is 10.1 Å². The van der Waals surface area contributed by atoms with E-state index in [0.29, 0.717) is 17.0 Å². The van der Waals surface area contributed by atoms with Crippen LogP contribution in [-0.4, -0.2) is 31.7 Å². The molecule has 0 aliphatic carbocycles. The van der Waals surface area contributed by atoms with Gasteiger partial charge in [0, 0.05) is 11.3 Å². The maximum atomic E-state index is 14.0. The summed E-state index contributed by atoms with van der Waals surface area (Å²) in [4.78, 5) is 24.4. The highest BCUT2D eigenvalue weighted by atomic mass is 19.1. The number of nitrogens with zero attached hydrogens (tertiary/aromatic N) is 2. The zero-order chi connectivity index (χ0) is 23.6. The van der Waals surface area contributed by atoms with Crippen molar-refractivity contribution in [2.45, 2.75) is 0 Å². The van der Waals surface area contributed by atoms with Crippen molar-refractivity contribution in [1.29, 1.82) is 5.26 Å². The molecule has 0 saturated heterocycles. The molecule has 2 amide bonds. The minimum Gasteiger partial charge on any atom is -0.493 e. The second-order valence-electron chi connectivity index (χ2n) is 6.59. The minimum absolute atomic E-state index is 0.0991. The lowest BCUT2D eigenvalue weighted by Crippen LogP contribution is -2.21. The van der Waals surface area contributed by atoms with Crippen LogP contribution in [-0.2, 0) is 4.79 Å². The van der Waals surface area contributed by atoms with Crippen molar-refractivity contribution in [3.8, 4) is 17.6 Å². The van der Waals surface area contributed by atoms with Crippen LogP contribution in [0.5, 0.6) is 11.5 Å². The van der Waals surface area contributed by atoms with E-state index >= 15 is 0 Å². The van der Waals surface area contributed by atoms with Crippen molar-refractivity contribution < 1.29 is 23.5 Å². The second kappa shape index (κ2) is 11.1. The third-order valence-corrected chi connectivity index (χ3v) is 4.35. The fraction of sp³-hybridized carbons (Fsp3) is 0.0833. The van der Waals surface area contributed by atoms with E-state index < -0.39 is 11.7 Å². The molecule has 0 heterocycles. The van der Waals surface area contributed by atoms with Crippen LogP contribution in [0.25, 0.3) is 0 Å². The molecular weight excluding hydrogens is 427 g/mol. The summed E-state index contributed by atoms with van der Waals surface area (Å²) in [6.45, 7) is -0.293. The van der Waals surface area contributed by atoms with Crippen molar-refractivity contribution in [2.24, 2.45) is 5.10 Å². The number of hydrogen-bond acceptors (Lipinski definition) is 6. The molecule has 3 aromatic rings. The number of halogens is 1. The third-order valence-electron chi connectivity index (χ3n) is 4.35. The van der Waals surface area contributed by atoms with E-state index in [4.69, 9.17) is 14.7 Å². The van der Waals surface area contributed by atoms with E-state index in [-0.39, 0.29) is 29.4 Å². The van der Waals surface area contributed by atoms with Gasteiger partial charge in [-0.2, -0.15) is 10.4 Å². The normalized spacial score (nSPS) is 10.3. The average molecular weight is 446 g/mol. The van der Waals surface area contributed by atoms with Gasteiger partial charge in [0.2, 0.25) is 0 Å². The van der Waals surface area contributed by atoms with Gasteiger partial charge in [-0.05, 0) is 42.5 Å². The molecule has 0 bridgehead atoms. The monoisotopic (exact) mass is 446 g/mol. The van der Waals surface area contributed by atoms with Crippen molar-refractivity contribution in [1.82, 2.24) is 5.43 Å². The first kappa shape index (κ1) is 23.0. The Labute approximate surface area is 189 Å². The van der Waals surface area contributed by atoms with Gasteiger partial charge in [-0.15, -0.1) is 0 Å². The Balaban J connectivity index is 1.69. The highest BCUT2D eigenvalue weighted by Gasteiger charge is 2.14. The Bertz CT molecular complexity index is 1220. The first-order chi connectivity index (χ1) is 16.0. The summed E-state index contributed by atoms with van der Waals surface area (Å²) < 4.78 is 24.9. The number of amides is 2. The molecule has 0 radical (unpaired) electrons. The molecule has 0 aromatic heterocycles. The fourth-order valence-corrected chi connectivity index (χ4v) is 2.80. The molecule has 0 aliphatic heterocycles. The highest BCUT2D eigenvalue weighted by Crippen LogP contribution is 2.30. The molecule has 9 heteroatoms. The molecule has 0 spiro atoms. The van der Waals surface area contributed by atoms with E-state index in [1.54, 1.807) is 48.5 Å². The summed E-state index contributed by atoms with van der Waals surface area (Å²) in [6, 6.07) is 19.2. The number of hydrogen-bond donors (Lipinski definition) is 2. The van der Waals surface area contributed by atoms with Gasteiger partial charge >= 0.3 is 0 Å². The van der Waals surface area contributed by atoms with Gasteiger partial charge in [0.15, 0.2) is 18.1 Å². The summed E-state index contributed by atoms with van der Waals surface area (Å²) >= 11 is 0. The summed E-state index contributed by atoms with van der Waals surface area (Å²) in [5, 5.41) is 15.3. The Morgan fingerprint density at radius 1 is 1.12 bits per heavy atom. The van der Waals surface area contributed by atoms with Crippen LogP contribution in [0.2, 0.25) is 0 Å². The van der Waals surface area contributed by atoms with Gasteiger partial charge in [0.25, 0.3) is 11.8 Å². The summed E-state index contributed by atoms with van der Waals surface area (Å²) in [7, 11) is 1.45. The van der Waals surface area contributed by atoms with Crippen molar-refractivity contribution in [2.75, 3.05) is 19.0 Å². The number of carbonyl (C=O) groups is 2. The van der Waals surface area contributed by atoms with E-state index in [2.05, 4.69) is 15.8 Å². The topological polar surface area (TPSA) is 113 Å². The van der Waals surface area contributed by atoms with Gasteiger partial charge in [-0.3, -0.25) is 9.59 Å². The standard InChI is InChI=1S/C24H19FN4O4/c1-32-21-9-5-6-17(23(21)33-15-22(30)28-18-7-3-2-4-8-18)14-27-29-24(31)19-11-10-16(13-26)12-20(19)25/h2-12,14H,15H2,1H3,(H,28,30)(H,29,31). The lowest BCUT2D eigenvalue weighted by atomic mass is 10.1. The summed E-state index contributed by atoms with van der Waals surface area (Å²) in [5.74, 6) is -1.40. The Hall–Kier alpha value is -4.71. The van der Waals surface area contributed by atoms with Crippen LogP contribution < -0.4 is 20.2 Å². The SMILES string of the molecule is COc1cccc(C=NNC(=O)c2ccc(C#N)cc2F)c1OCC(=O)Nc1ccccc1. The minimum atomic E-state index is -0.836. The number of anilines is 1. The molecule has 3 rings (SSSR count). The Morgan fingerprint density at radius 2 is 1.91 bits per heavy atom. The lowest BCUT2D eigenvalue weighted by molar-refractivity contribution is -0.118. The molecule has 166 valence electrons. The third kappa shape index (κ3) is 6.15. The predicted molar refractivity (Wildman–Crippen MR) is 120 cm³/mol. The molecule has 2 N–H and O–H groups in total. The van der Waals surface area contributed by atoms with Crippen molar-refractivity contribution in [3.63, 3.8) is 0 Å². The van der Waals surface area contributed by atoms with Gasteiger partial charge in [-0.1, -0.05) is 24.3 Å². The zero-order valence-corrected chi connectivity index (χ0v) is 17.5. The molecule has 0 aliphatic rings. The van der Waals surface area contributed by atoms with Crippen LogP contribution in [0.15, 0.2) is 71.8 Å². The first-order valence-corrected chi connectivity index (χ1v) is 9.69. The first-order valence-electron chi connectivity index (χ1n) is 9.69. The number of methoxy groups -OCH3 is 1. The molecular formula is C24H19FN4O4. The molecule has 0 saturated carbocycles. The maximum absolute atomic E-state index is 14.0. The van der Waals surface area contributed by atoms with Crippen LogP contribution >= 0.6 is 0 Å². The van der Waals surface area contributed by atoms with E-state index in [9.17, 15) is 14.0 Å². The molecule has 0 unspecified atom stereocenters. The Kier molecular flexibility index (Phi) is 7.70. The maximum Gasteiger partial charge on any atom is 0.274 e. The average Bonchev–Trinajstić information content (AvgIpc) is 2.83. The number of ether oxygens (including phenoxy) is 2. The predicted octanol–water partition coefficient (Wildman–Crippen LogP) is 3.49. The molecule has 0 fully saturated rings. The number of nitrogens with one attached hydrogen (secondary N) is 2. The fourth-order valence-electron chi connectivity index (χ4n) is 2.80. The van der Waals surface area contributed by atoms with Crippen LogP contribution in [0.3, 0.4) is 0 Å². The number of rotatable bonds is 8. The van der Waals surface area contributed by atoms with Gasteiger partial charge in [-0.25, -0.2) is 9.82 Å². The van der Waals surface area contributed by atoms with Gasteiger partial charge in [0.1, 0.15) is 5.82 Å².